The highest BCUT2D eigenvalue weighted by Crippen LogP contribution is 2.21. The van der Waals surface area contributed by atoms with Crippen LogP contribution in [0.1, 0.15) is 27.2 Å². The predicted octanol–water partition coefficient (Wildman–Crippen LogP) is -0.131. The van der Waals surface area contributed by atoms with Crippen molar-refractivity contribution in [3.05, 3.63) is 0 Å². The minimum absolute atomic E-state index is 0.0820. The van der Waals surface area contributed by atoms with E-state index in [0.29, 0.717) is 0 Å². The molecular weight excluding hydrogens is 268 g/mol. The van der Waals surface area contributed by atoms with Crippen LogP contribution in [0.4, 0.5) is 4.79 Å². The zero-order chi connectivity index (χ0) is 15.6. The molecule has 0 spiro atoms. The second kappa shape index (κ2) is 5.66. The maximum absolute atomic E-state index is 11.7. The van der Waals surface area contributed by atoms with Crippen molar-refractivity contribution in [3.8, 4) is 0 Å². The molecule has 0 radical (unpaired) electrons. The lowest BCUT2D eigenvalue weighted by Gasteiger charge is -2.27. The molecule has 0 bridgehead atoms. The first kappa shape index (κ1) is 16.2. The van der Waals surface area contributed by atoms with Gasteiger partial charge in [-0.3, -0.25) is 4.79 Å². The highest BCUT2D eigenvalue weighted by atomic mass is 16.6. The topological polar surface area (TPSA) is 114 Å². The number of carboxylic acid groups (broad SMARTS) is 1. The molecule has 1 saturated heterocycles. The molecule has 3 N–H and O–H groups in total. The Hall–Kier alpha value is -1.83. The van der Waals surface area contributed by atoms with Crippen LogP contribution in [-0.2, 0) is 19.1 Å². The lowest BCUT2D eigenvalue weighted by Crippen LogP contribution is -2.57. The number of rotatable bonds is 3. The molecule has 20 heavy (non-hydrogen) atoms. The SMILES string of the molecule is COC(=O)[C@@H]1C[C@@](NC(=O)OC(C)(C)C)(C(=O)O)CN1. The van der Waals surface area contributed by atoms with Gasteiger partial charge in [0.05, 0.1) is 7.11 Å². The Morgan fingerprint density at radius 2 is 1.95 bits per heavy atom. The molecule has 1 aliphatic heterocycles. The fraction of sp³-hybridized carbons (Fsp3) is 0.750. The van der Waals surface area contributed by atoms with Crippen molar-refractivity contribution in [2.45, 2.75) is 44.4 Å². The van der Waals surface area contributed by atoms with Crippen molar-refractivity contribution in [2.24, 2.45) is 0 Å². The third-order valence-electron chi connectivity index (χ3n) is 2.84. The van der Waals surface area contributed by atoms with E-state index in [1.165, 1.54) is 7.11 Å². The number of ether oxygens (including phenoxy) is 2. The van der Waals surface area contributed by atoms with Gasteiger partial charge in [-0.05, 0) is 20.8 Å². The minimum atomic E-state index is -1.58. The number of carboxylic acids is 1. The Labute approximate surface area is 116 Å². The first-order valence-electron chi connectivity index (χ1n) is 6.15. The zero-order valence-corrected chi connectivity index (χ0v) is 12.0. The normalized spacial score (nSPS) is 25.9. The summed E-state index contributed by atoms with van der Waals surface area (Å²) in [6, 6.07) is -0.772. The largest absolute Gasteiger partial charge is 0.479 e. The lowest BCUT2D eigenvalue weighted by atomic mass is 9.96. The predicted molar refractivity (Wildman–Crippen MR) is 68.2 cm³/mol. The molecule has 8 nitrogen and oxygen atoms in total. The van der Waals surface area contributed by atoms with Crippen LogP contribution in [0.25, 0.3) is 0 Å². The van der Waals surface area contributed by atoms with E-state index >= 15 is 0 Å². The van der Waals surface area contributed by atoms with E-state index in [-0.39, 0.29) is 13.0 Å². The summed E-state index contributed by atoms with van der Waals surface area (Å²) < 4.78 is 9.59. The van der Waals surface area contributed by atoms with Crippen molar-refractivity contribution >= 4 is 18.0 Å². The Morgan fingerprint density at radius 3 is 2.40 bits per heavy atom. The number of carbonyl (C=O) groups excluding carboxylic acids is 2. The standard InChI is InChI=1S/C12H20N2O6/c1-11(2,3)20-10(18)14-12(9(16)17)5-7(13-6-12)8(15)19-4/h7,13H,5-6H2,1-4H3,(H,14,18)(H,16,17)/t7-,12-/m0/s1. The van der Waals surface area contributed by atoms with Crippen molar-refractivity contribution in [1.82, 2.24) is 10.6 Å². The third kappa shape index (κ3) is 3.83. The molecule has 1 aliphatic rings. The third-order valence-corrected chi connectivity index (χ3v) is 2.84. The molecule has 0 aromatic rings. The van der Waals surface area contributed by atoms with Crippen molar-refractivity contribution in [2.75, 3.05) is 13.7 Å². The summed E-state index contributed by atoms with van der Waals surface area (Å²) in [5.74, 6) is -1.80. The van der Waals surface area contributed by atoms with Crippen molar-refractivity contribution in [3.63, 3.8) is 0 Å². The van der Waals surface area contributed by atoms with Crippen LogP contribution in [0, 0.1) is 0 Å². The van der Waals surface area contributed by atoms with Gasteiger partial charge in [0.2, 0.25) is 0 Å². The summed E-state index contributed by atoms with van der Waals surface area (Å²) >= 11 is 0. The van der Waals surface area contributed by atoms with Crippen LogP contribution < -0.4 is 10.6 Å². The number of methoxy groups -OCH3 is 1. The van der Waals surface area contributed by atoms with Gasteiger partial charge >= 0.3 is 18.0 Å². The molecule has 0 aromatic carbocycles. The quantitative estimate of drug-likeness (QED) is 0.620. The molecular formula is C12H20N2O6. The fourth-order valence-corrected chi connectivity index (χ4v) is 1.91. The Morgan fingerprint density at radius 1 is 1.35 bits per heavy atom. The second-order valence-corrected chi connectivity index (χ2v) is 5.67. The van der Waals surface area contributed by atoms with Gasteiger partial charge in [0.15, 0.2) is 5.54 Å². The van der Waals surface area contributed by atoms with E-state index in [1.807, 2.05) is 0 Å². The molecule has 1 rings (SSSR count). The van der Waals surface area contributed by atoms with E-state index in [4.69, 9.17) is 4.74 Å². The zero-order valence-electron chi connectivity index (χ0n) is 12.0. The summed E-state index contributed by atoms with van der Waals surface area (Å²) in [5, 5.41) is 14.4. The van der Waals surface area contributed by atoms with Crippen LogP contribution in [0.5, 0.6) is 0 Å². The number of amides is 1. The number of alkyl carbamates (subject to hydrolysis) is 1. The average Bonchev–Trinajstić information content (AvgIpc) is 2.70. The highest BCUT2D eigenvalue weighted by molar-refractivity contribution is 5.87. The van der Waals surface area contributed by atoms with E-state index in [2.05, 4.69) is 15.4 Å². The van der Waals surface area contributed by atoms with Gasteiger partial charge in [-0.25, -0.2) is 9.59 Å². The Kier molecular flexibility index (Phi) is 4.59. The van der Waals surface area contributed by atoms with Gasteiger partial charge in [-0.1, -0.05) is 0 Å². The number of hydrogen-bond donors (Lipinski definition) is 3. The van der Waals surface area contributed by atoms with Gasteiger partial charge in [0.1, 0.15) is 11.6 Å². The summed E-state index contributed by atoms with van der Waals surface area (Å²) in [6.45, 7) is 4.93. The van der Waals surface area contributed by atoms with Crippen LogP contribution in [0.15, 0.2) is 0 Å². The molecule has 0 saturated carbocycles. The maximum Gasteiger partial charge on any atom is 0.408 e. The molecule has 1 amide bonds. The van der Waals surface area contributed by atoms with Crippen molar-refractivity contribution < 1.29 is 29.0 Å². The summed E-state index contributed by atoms with van der Waals surface area (Å²) in [5.41, 5.74) is -2.32. The van der Waals surface area contributed by atoms with Crippen LogP contribution in [0.2, 0.25) is 0 Å². The maximum atomic E-state index is 11.7. The molecule has 0 aromatic heterocycles. The first-order chi connectivity index (χ1) is 9.09. The van der Waals surface area contributed by atoms with Gasteiger partial charge in [0, 0.05) is 13.0 Å². The number of carbonyl (C=O) groups is 3. The molecule has 1 heterocycles. The number of hydrogen-bond acceptors (Lipinski definition) is 6. The van der Waals surface area contributed by atoms with Crippen molar-refractivity contribution in [1.29, 1.82) is 0 Å². The molecule has 0 aliphatic carbocycles. The van der Waals surface area contributed by atoms with E-state index in [1.54, 1.807) is 20.8 Å². The van der Waals surface area contributed by atoms with Crippen LogP contribution >= 0.6 is 0 Å². The molecule has 1 fully saturated rings. The monoisotopic (exact) mass is 288 g/mol. The average molecular weight is 288 g/mol. The Bertz CT molecular complexity index is 417. The van der Waals surface area contributed by atoms with Crippen LogP contribution in [0.3, 0.4) is 0 Å². The molecule has 0 unspecified atom stereocenters. The number of nitrogens with one attached hydrogen (secondary N) is 2. The van der Waals surface area contributed by atoms with Gasteiger partial charge in [0.25, 0.3) is 0 Å². The minimum Gasteiger partial charge on any atom is -0.479 e. The number of aliphatic carboxylic acids is 1. The molecule has 2 atom stereocenters. The second-order valence-electron chi connectivity index (χ2n) is 5.67. The van der Waals surface area contributed by atoms with E-state index < -0.39 is 35.2 Å². The first-order valence-corrected chi connectivity index (χ1v) is 6.15. The summed E-state index contributed by atoms with van der Waals surface area (Å²) in [6.07, 6.45) is -0.943. The summed E-state index contributed by atoms with van der Waals surface area (Å²) in [7, 11) is 1.21. The van der Waals surface area contributed by atoms with Crippen LogP contribution in [-0.4, -0.2) is 54.0 Å². The van der Waals surface area contributed by atoms with Gasteiger partial charge in [-0.15, -0.1) is 0 Å². The molecule has 8 heteroatoms. The molecule has 114 valence electrons. The van der Waals surface area contributed by atoms with E-state index in [9.17, 15) is 19.5 Å². The van der Waals surface area contributed by atoms with Gasteiger partial charge in [-0.2, -0.15) is 0 Å². The smallest absolute Gasteiger partial charge is 0.408 e. The Balaban J connectivity index is 2.78. The van der Waals surface area contributed by atoms with Gasteiger partial charge < -0.3 is 25.2 Å². The lowest BCUT2D eigenvalue weighted by molar-refractivity contribution is -0.145. The fourth-order valence-electron chi connectivity index (χ4n) is 1.91. The summed E-state index contributed by atoms with van der Waals surface area (Å²) in [4.78, 5) is 34.6. The van der Waals surface area contributed by atoms with E-state index in [0.717, 1.165) is 0 Å². The number of esters is 1. The highest BCUT2D eigenvalue weighted by Gasteiger charge is 2.49.